The number of carbonyl (C=O) groups is 1. The van der Waals surface area contributed by atoms with Gasteiger partial charge in [0.25, 0.3) is 5.56 Å². The first-order chi connectivity index (χ1) is 14.1. The topological polar surface area (TPSA) is 75.3 Å². The zero-order chi connectivity index (χ0) is 20.2. The molecule has 1 saturated heterocycles. The lowest BCUT2D eigenvalue weighted by Gasteiger charge is -2.31. The van der Waals surface area contributed by atoms with Crippen LogP contribution in [0.3, 0.4) is 0 Å². The monoisotopic (exact) mass is 409 g/mol. The van der Waals surface area contributed by atoms with Gasteiger partial charge >= 0.3 is 0 Å². The third-order valence-electron chi connectivity index (χ3n) is 5.35. The fourth-order valence-corrected chi connectivity index (χ4v) is 4.40. The van der Waals surface area contributed by atoms with Gasteiger partial charge in [-0.1, -0.05) is 18.2 Å². The lowest BCUT2D eigenvalue weighted by Crippen LogP contribution is -2.39. The summed E-state index contributed by atoms with van der Waals surface area (Å²) < 4.78 is 5.35. The largest absolute Gasteiger partial charge is 0.496 e. The van der Waals surface area contributed by atoms with E-state index in [0.29, 0.717) is 25.2 Å². The van der Waals surface area contributed by atoms with Gasteiger partial charge < -0.3 is 14.6 Å². The van der Waals surface area contributed by atoms with E-state index in [4.69, 9.17) is 9.72 Å². The Morgan fingerprint density at radius 2 is 2.07 bits per heavy atom. The molecule has 0 saturated carbocycles. The molecule has 3 heterocycles. The van der Waals surface area contributed by atoms with Crippen molar-refractivity contribution >= 4 is 17.2 Å². The van der Waals surface area contributed by atoms with E-state index < -0.39 is 0 Å². The van der Waals surface area contributed by atoms with Crippen molar-refractivity contribution < 1.29 is 9.53 Å². The van der Waals surface area contributed by atoms with E-state index >= 15 is 0 Å². The Morgan fingerprint density at radius 3 is 2.79 bits per heavy atom. The molecule has 0 atom stereocenters. The molecule has 29 heavy (non-hydrogen) atoms. The van der Waals surface area contributed by atoms with Gasteiger partial charge in [-0.25, -0.2) is 4.98 Å². The molecule has 6 nitrogen and oxygen atoms in total. The molecule has 0 radical (unpaired) electrons. The summed E-state index contributed by atoms with van der Waals surface area (Å²) in [5, 5.41) is 3.97. The van der Waals surface area contributed by atoms with Crippen molar-refractivity contribution in [1.29, 1.82) is 0 Å². The van der Waals surface area contributed by atoms with Gasteiger partial charge in [-0.15, -0.1) is 0 Å². The number of thiophene rings is 1. The van der Waals surface area contributed by atoms with Crippen molar-refractivity contribution in [2.24, 2.45) is 0 Å². The minimum absolute atomic E-state index is 0.0985. The molecular weight excluding hydrogens is 386 g/mol. The van der Waals surface area contributed by atoms with E-state index in [2.05, 4.69) is 4.98 Å². The van der Waals surface area contributed by atoms with Crippen LogP contribution in [0.25, 0.3) is 11.3 Å². The molecular formula is C22H23N3O3S. The second-order valence-electron chi connectivity index (χ2n) is 7.17. The number of nitrogens with one attached hydrogen (secondary N) is 1. The zero-order valence-corrected chi connectivity index (χ0v) is 17.1. The van der Waals surface area contributed by atoms with Gasteiger partial charge in [-0.3, -0.25) is 9.59 Å². The Kier molecular flexibility index (Phi) is 5.76. The van der Waals surface area contributed by atoms with Crippen LogP contribution in [-0.4, -0.2) is 41.0 Å². The number of benzene rings is 1. The molecule has 2 aromatic heterocycles. The predicted octanol–water partition coefficient (Wildman–Crippen LogP) is 3.46. The van der Waals surface area contributed by atoms with Crippen LogP contribution in [0.5, 0.6) is 5.75 Å². The Hall–Kier alpha value is -2.93. The Balaban J connectivity index is 1.42. The van der Waals surface area contributed by atoms with Crippen LogP contribution in [0.4, 0.5) is 0 Å². The highest BCUT2D eigenvalue weighted by Gasteiger charge is 2.26. The standard InChI is InChI=1S/C22H23N3O3S/c1-28-19-5-3-2-4-16(19)12-21(27)25-9-6-15(7-10-25)22-23-18(13-20(26)24-22)17-8-11-29-14-17/h2-5,8,11,13-15H,6-7,9-10,12H2,1H3,(H,23,24,26). The van der Waals surface area contributed by atoms with Crippen molar-refractivity contribution in [3.63, 3.8) is 0 Å². The Labute approximate surface area is 173 Å². The molecule has 0 bridgehead atoms. The Morgan fingerprint density at radius 1 is 1.28 bits per heavy atom. The number of aromatic amines is 1. The molecule has 0 spiro atoms. The average molecular weight is 410 g/mol. The average Bonchev–Trinajstić information content (AvgIpc) is 3.29. The lowest BCUT2D eigenvalue weighted by molar-refractivity contribution is -0.131. The van der Waals surface area contributed by atoms with Crippen LogP contribution >= 0.6 is 11.3 Å². The summed E-state index contributed by atoms with van der Waals surface area (Å²) in [5.41, 5.74) is 2.44. The molecule has 150 valence electrons. The minimum atomic E-state index is -0.133. The van der Waals surface area contributed by atoms with E-state index in [-0.39, 0.29) is 17.4 Å². The van der Waals surface area contributed by atoms with Crippen LogP contribution in [-0.2, 0) is 11.2 Å². The third kappa shape index (κ3) is 4.40. The molecule has 1 aliphatic heterocycles. The number of hydrogen-bond acceptors (Lipinski definition) is 5. The molecule has 1 N–H and O–H groups in total. The summed E-state index contributed by atoms with van der Waals surface area (Å²) in [6.07, 6.45) is 1.90. The number of aromatic nitrogens is 2. The van der Waals surface area contributed by atoms with Crippen LogP contribution in [0.15, 0.2) is 52.0 Å². The van der Waals surface area contributed by atoms with E-state index in [9.17, 15) is 9.59 Å². The second-order valence-corrected chi connectivity index (χ2v) is 7.95. The molecule has 3 aromatic rings. The number of hydrogen-bond donors (Lipinski definition) is 1. The number of piperidine rings is 1. The molecule has 4 rings (SSSR count). The van der Waals surface area contributed by atoms with Gasteiger partial charge in [0.15, 0.2) is 0 Å². The highest BCUT2D eigenvalue weighted by Crippen LogP contribution is 2.28. The number of para-hydroxylation sites is 1. The number of nitrogens with zero attached hydrogens (tertiary/aromatic N) is 2. The van der Waals surface area contributed by atoms with Gasteiger partial charge in [-0.2, -0.15) is 11.3 Å². The van der Waals surface area contributed by atoms with E-state index in [0.717, 1.165) is 35.5 Å². The summed E-state index contributed by atoms with van der Waals surface area (Å²) in [5.74, 6) is 1.70. The fraction of sp³-hybridized carbons (Fsp3) is 0.318. The number of H-pyrrole nitrogens is 1. The van der Waals surface area contributed by atoms with Crippen LogP contribution in [0, 0.1) is 0 Å². The smallest absolute Gasteiger partial charge is 0.251 e. The first kappa shape index (κ1) is 19.4. The van der Waals surface area contributed by atoms with Crippen molar-refractivity contribution in [2.45, 2.75) is 25.2 Å². The highest BCUT2D eigenvalue weighted by atomic mass is 32.1. The summed E-state index contributed by atoms with van der Waals surface area (Å²) >= 11 is 1.58. The lowest BCUT2D eigenvalue weighted by atomic mass is 9.95. The van der Waals surface area contributed by atoms with E-state index in [1.807, 2.05) is 46.0 Å². The molecule has 0 unspecified atom stereocenters. The number of amides is 1. The van der Waals surface area contributed by atoms with E-state index in [1.165, 1.54) is 6.07 Å². The quantitative estimate of drug-likeness (QED) is 0.700. The predicted molar refractivity (Wildman–Crippen MR) is 113 cm³/mol. The number of ether oxygens (including phenoxy) is 1. The summed E-state index contributed by atoms with van der Waals surface area (Å²) in [4.78, 5) is 34.3. The summed E-state index contributed by atoms with van der Waals surface area (Å²) in [7, 11) is 1.62. The van der Waals surface area contributed by atoms with Crippen molar-refractivity contribution in [3.8, 4) is 17.0 Å². The van der Waals surface area contributed by atoms with Crippen LogP contribution in [0.2, 0.25) is 0 Å². The van der Waals surface area contributed by atoms with Crippen molar-refractivity contribution in [3.05, 3.63) is 68.9 Å². The fourth-order valence-electron chi connectivity index (χ4n) is 3.75. The summed E-state index contributed by atoms with van der Waals surface area (Å²) in [6.45, 7) is 1.32. The molecule has 1 amide bonds. The SMILES string of the molecule is COc1ccccc1CC(=O)N1CCC(c2nc(-c3ccsc3)cc(=O)[nH]2)CC1. The van der Waals surface area contributed by atoms with Crippen molar-refractivity contribution in [1.82, 2.24) is 14.9 Å². The number of carbonyl (C=O) groups excluding carboxylic acids is 1. The van der Waals surface area contributed by atoms with Gasteiger partial charge in [0.2, 0.25) is 5.91 Å². The molecule has 1 fully saturated rings. The van der Waals surface area contributed by atoms with Gasteiger partial charge in [-0.05, 0) is 30.4 Å². The number of likely N-dealkylation sites (tertiary alicyclic amines) is 1. The summed E-state index contributed by atoms with van der Waals surface area (Å²) in [6, 6.07) is 11.1. The first-order valence-corrected chi connectivity index (χ1v) is 10.6. The maximum atomic E-state index is 12.7. The molecule has 7 heteroatoms. The second kappa shape index (κ2) is 8.61. The number of methoxy groups -OCH3 is 1. The maximum Gasteiger partial charge on any atom is 0.251 e. The van der Waals surface area contributed by atoms with Gasteiger partial charge in [0.1, 0.15) is 11.6 Å². The number of rotatable bonds is 5. The molecule has 1 aliphatic rings. The Bertz CT molecular complexity index is 1040. The molecule has 1 aromatic carbocycles. The van der Waals surface area contributed by atoms with Gasteiger partial charge in [0, 0.05) is 41.6 Å². The van der Waals surface area contributed by atoms with Crippen LogP contribution < -0.4 is 10.3 Å². The van der Waals surface area contributed by atoms with E-state index in [1.54, 1.807) is 18.4 Å². The van der Waals surface area contributed by atoms with Crippen LogP contribution in [0.1, 0.15) is 30.1 Å². The minimum Gasteiger partial charge on any atom is -0.496 e. The normalized spacial score (nSPS) is 14.7. The van der Waals surface area contributed by atoms with Crippen molar-refractivity contribution in [2.75, 3.05) is 20.2 Å². The van der Waals surface area contributed by atoms with Gasteiger partial charge in [0.05, 0.1) is 19.2 Å². The first-order valence-electron chi connectivity index (χ1n) is 9.67. The maximum absolute atomic E-state index is 12.7. The highest BCUT2D eigenvalue weighted by molar-refractivity contribution is 7.08. The molecule has 0 aliphatic carbocycles. The third-order valence-corrected chi connectivity index (χ3v) is 6.03. The zero-order valence-electron chi connectivity index (χ0n) is 16.3.